The molecule has 2 aromatic rings. The Bertz CT molecular complexity index is 460. The van der Waals surface area contributed by atoms with Crippen molar-refractivity contribution in [2.45, 2.75) is 26.4 Å². The fourth-order valence-electron chi connectivity index (χ4n) is 1.40. The van der Waals surface area contributed by atoms with Crippen LogP contribution in [0.1, 0.15) is 31.4 Å². The molecule has 0 aliphatic carbocycles. The van der Waals surface area contributed by atoms with E-state index < -0.39 is 6.10 Å². The molecule has 16 heavy (non-hydrogen) atoms. The lowest BCUT2D eigenvalue weighted by molar-refractivity contribution is 0.163. The highest BCUT2D eigenvalue weighted by molar-refractivity contribution is 5.52. The van der Waals surface area contributed by atoms with Crippen LogP contribution in [0.5, 0.6) is 0 Å². The maximum atomic E-state index is 9.27. The van der Waals surface area contributed by atoms with Gasteiger partial charge in [0.1, 0.15) is 6.10 Å². The van der Waals surface area contributed by atoms with Gasteiger partial charge in [-0.3, -0.25) is 0 Å². The monoisotopic (exact) mass is 218 g/mol. The van der Waals surface area contributed by atoms with Crippen LogP contribution in [-0.4, -0.2) is 15.3 Å². The molecule has 1 atom stereocenters. The summed E-state index contributed by atoms with van der Waals surface area (Å²) in [4.78, 5) is 0. The molecule has 4 nitrogen and oxygen atoms in total. The molecule has 1 heterocycles. The fraction of sp³-hybridized carbons (Fsp3) is 0.333. The minimum Gasteiger partial charge on any atom is -0.418 e. The van der Waals surface area contributed by atoms with Gasteiger partial charge in [0.05, 0.1) is 0 Å². The summed E-state index contributed by atoms with van der Waals surface area (Å²) in [5.74, 6) is 0.688. The molecule has 1 aromatic heterocycles. The van der Waals surface area contributed by atoms with E-state index in [1.807, 2.05) is 24.3 Å². The number of rotatable bonds is 3. The smallest absolute Gasteiger partial charge is 0.247 e. The van der Waals surface area contributed by atoms with Crippen molar-refractivity contribution in [3.05, 3.63) is 35.7 Å². The summed E-state index contributed by atoms with van der Waals surface area (Å²) >= 11 is 0. The van der Waals surface area contributed by atoms with Gasteiger partial charge in [-0.25, -0.2) is 0 Å². The molecule has 0 bridgehead atoms. The standard InChI is InChI=1S/C12H14N2O2/c1-3-9-4-6-10(7-5-9)12-14-13-11(16-12)8(2)15/h4-8,15H,3H2,1-2H3. The molecule has 84 valence electrons. The van der Waals surface area contributed by atoms with Crippen LogP contribution in [0.2, 0.25) is 0 Å². The van der Waals surface area contributed by atoms with E-state index >= 15 is 0 Å². The van der Waals surface area contributed by atoms with Crippen LogP contribution >= 0.6 is 0 Å². The van der Waals surface area contributed by atoms with E-state index in [1.165, 1.54) is 5.56 Å². The van der Waals surface area contributed by atoms with Crippen LogP contribution in [0.3, 0.4) is 0 Å². The summed E-state index contributed by atoms with van der Waals surface area (Å²) in [7, 11) is 0. The third-order valence-corrected chi connectivity index (χ3v) is 2.41. The van der Waals surface area contributed by atoms with Crippen molar-refractivity contribution in [3.8, 4) is 11.5 Å². The Morgan fingerprint density at radius 3 is 2.44 bits per heavy atom. The second-order valence-electron chi connectivity index (χ2n) is 3.67. The molecule has 1 unspecified atom stereocenters. The minimum absolute atomic E-state index is 0.245. The quantitative estimate of drug-likeness (QED) is 0.859. The molecule has 1 aromatic carbocycles. The number of aryl methyl sites for hydroxylation is 1. The number of nitrogens with zero attached hydrogens (tertiary/aromatic N) is 2. The first kappa shape index (κ1) is 10.8. The van der Waals surface area contributed by atoms with Crippen LogP contribution in [0.25, 0.3) is 11.5 Å². The van der Waals surface area contributed by atoms with Gasteiger partial charge in [0, 0.05) is 5.56 Å². The van der Waals surface area contributed by atoms with E-state index in [0.717, 1.165) is 12.0 Å². The molecular formula is C12H14N2O2. The van der Waals surface area contributed by atoms with Crippen LogP contribution in [0.4, 0.5) is 0 Å². The van der Waals surface area contributed by atoms with Crippen LogP contribution in [-0.2, 0) is 6.42 Å². The Kier molecular flexibility index (Phi) is 3.01. The Balaban J connectivity index is 2.28. The highest BCUT2D eigenvalue weighted by Gasteiger charge is 2.11. The highest BCUT2D eigenvalue weighted by atomic mass is 16.4. The maximum Gasteiger partial charge on any atom is 0.247 e. The summed E-state index contributed by atoms with van der Waals surface area (Å²) in [5.41, 5.74) is 2.13. The van der Waals surface area contributed by atoms with Crippen LogP contribution < -0.4 is 0 Å². The molecule has 0 spiro atoms. The number of hydrogen-bond donors (Lipinski definition) is 1. The van der Waals surface area contributed by atoms with E-state index in [2.05, 4.69) is 17.1 Å². The molecule has 0 aliphatic rings. The van der Waals surface area contributed by atoms with Gasteiger partial charge in [0.2, 0.25) is 11.8 Å². The molecule has 4 heteroatoms. The minimum atomic E-state index is -0.726. The molecule has 0 amide bonds. The molecule has 0 saturated carbocycles. The van der Waals surface area contributed by atoms with Crippen molar-refractivity contribution in [2.75, 3.05) is 0 Å². The van der Waals surface area contributed by atoms with Crippen LogP contribution in [0, 0.1) is 0 Å². The Labute approximate surface area is 93.9 Å². The van der Waals surface area contributed by atoms with Crippen molar-refractivity contribution in [2.24, 2.45) is 0 Å². The van der Waals surface area contributed by atoms with Gasteiger partial charge in [-0.2, -0.15) is 0 Å². The van der Waals surface area contributed by atoms with Gasteiger partial charge in [-0.1, -0.05) is 19.1 Å². The SMILES string of the molecule is CCc1ccc(-c2nnc(C(C)O)o2)cc1. The van der Waals surface area contributed by atoms with E-state index in [1.54, 1.807) is 6.92 Å². The molecular weight excluding hydrogens is 204 g/mol. The number of aliphatic hydroxyl groups is 1. The molecule has 0 saturated heterocycles. The predicted molar refractivity (Wildman–Crippen MR) is 59.7 cm³/mol. The Morgan fingerprint density at radius 2 is 1.94 bits per heavy atom. The molecule has 2 rings (SSSR count). The third kappa shape index (κ3) is 2.12. The summed E-state index contributed by atoms with van der Waals surface area (Å²) in [6.07, 6.45) is 0.277. The Hall–Kier alpha value is -1.68. The molecule has 0 radical (unpaired) electrons. The zero-order valence-corrected chi connectivity index (χ0v) is 9.34. The summed E-state index contributed by atoms with van der Waals surface area (Å²) in [6.45, 7) is 3.70. The first-order valence-corrected chi connectivity index (χ1v) is 5.31. The van der Waals surface area contributed by atoms with Crippen LogP contribution in [0.15, 0.2) is 28.7 Å². The lowest BCUT2D eigenvalue weighted by atomic mass is 10.1. The van der Waals surface area contributed by atoms with Crippen molar-refractivity contribution in [1.82, 2.24) is 10.2 Å². The van der Waals surface area contributed by atoms with Gasteiger partial charge < -0.3 is 9.52 Å². The number of benzene rings is 1. The second-order valence-corrected chi connectivity index (χ2v) is 3.67. The third-order valence-electron chi connectivity index (χ3n) is 2.41. The average Bonchev–Trinajstić information content (AvgIpc) is 2.78. The normalized spacial score (nSPS) is 12.7. The Morgan fingerprint density at radius 1 is 1.25 bits per heavy atom. The van der Waals surface area contributed by atoms with Crippen molar-refractivity contribution in [3.63, 3.8) is 0 Å². The zero-order chi connectivity index (χ0) is 11.5. The van der Waals surface area contributed by atoms with Crippen molar-refractivity contribution < 1.29 is 9.52 Å². The fourth-order valence-corrected chi connectivity index (χ4v) is 1.40. The summed E-state index contributed by atoms with van der Waals surface area (Å²) in [6, 6.07) is 7.94. The first-order chi connectivity index (χ1) is 7.70. The lowest BCUT2D eigenvalue weighted by Crippen LogP contribution is -1.89. The van der Waals surface area contributed by atoms with Gasteiger partial charge in [0.25, 0.3) is 0 Å². The average molecular weight is 218 g/mol. The number of aliphatic hydroxyl groups excluding tert-OH is 1. The van der Waals surface area contributed by atoms with Gasteiger partial charge in [-0.05, 0) is 31.0 Å². The zero-order valence-electron chi connectivity index (χ0n) is 9.34. The lowest BCUT2D eigenvalue weighted by Gasteiger charge is -1.98. The molecule has 0 aliphatic heterocycles. The van der Waals surface area contributed by atoms with Crippen molar-refractivity contribution in [1.29, 1.82) is 0 Å². The molecule has 0 fully saturated rings. The first-order valence-electron chi connectivity index (χ1n) is 5.31. The summed E-state index contributed by atoms with van der Waals surface area (Å²) < 4.78 is 5.33. The maximum absolute atomic E-state index is 9.27. The predicted octanol–water partition coefficient (Wildman–Crippen LogP) is 2.35. The van der Waals surface area contributed by atoms with Crippen molar-refractivity contribution >= 4 is 0 Å². The van der Waals surface area contributed by atoms with E-state index in [-0.39, 0.29) is 5.89 Å². The van der Waals surface area contributed by atoms with E-state index in [9.17, 15) is 5.11 Å². The summed E-state index contributed by atoms with van der Waals surface area (Å²) in [5, 5.41) is 16.9. The van der Waals surface area contributed by atoms with Gasteiger partial charge in [0.15, 0.2) is 0 Å². The second kappa shape index (κ2) is 4.45. The topological polar surface area (TPSA) is 59.2 Å². The van der Waals surface area contributed by atoms with E-state index in [0.29, 0.717) is 5.89 Å². The largest absolute Gasteiger partial charge is 0.418 e. The van der Waals surface area contributed by atoms with Gasteiger partial charge >= 0.3 is 0 Å². The van der Waals surface area contributed by atoms with Gasteiger partial charge in [-0.15, -0.1) is 10.2 Å². The number of hydrogen-bond acceptors (Lipinski definition) is 4. The number of aromatic nitrogens is 2. The molecule has 1 N–H and O–H groups in total. The highest BCUT2D eigenvalue weighted by Crippen LogP contribution is 2.20. The van der Waals surface area contributed by atoms with E-state index in [4.69, 9.17) is 4.42 Å².